The summed E-state index contributed by atoms with van der Waals surface area (Å²) in [7, 11) is 0. The highest BCUT2D eigenvalue weighted by Gasteiger charge is 2.43. The first kappa shape index (κ1) is 17.6. The van der Waals surface area contributed by atoms with E-state index in [4.69, 9.17) is 4.42 Å². The zero-order valence-corrected chi connectivity index (χ0v) is 17.5. The molecule has 1 aromatic heterocycles. The van der Waals surface area contributed by atoms with Crippen molar-refractivity contribution in [2.45, 2.75) is 12.0 Å². The van der Waals surface area contributed by atoms with Gasteiger partial charge in [0.15, 0.2) is 0 Å². The van der Waals surface area contributed by atoms with Gasteiger partial charge >= 0.3 is 0 Å². The first-order valence-corrected chi connectivity index (χ1v) is 11.1. The normalized spacial score (nSPS) is 18.4. The maximum Gasteiger partial charge on any atom is 0.142 e. The van der Waals surface area contributed by atoms with Crippen LogP contribution in [0.4, 0.5) is 11.4 Å². The Kier molecular flexibility index (Phi) is 3.71. The SMILES string of the molecule is C1=CC2C(c3ccccc3N2c2ccccc2)c2oc3c(-c4ccccc4)cccc3c21. The third-order valence-corrected chi connectivity index (χ3v) is 6.82. The van der Waals surface area contributed by atoms with Crippen LogP contribution in [0, 0.1) is 0 Å². The van der Waals surface area contributed by atoms with Crippen molar-refractivity contribution in [3.8, 4) is 11.1 Å². The minimum Gasteiger partial charge on any atom is -0.459 e. The van der Waals surface area contributed by atoms with Gasteiger partial charge in [0.2, 0.25) is 0 Å². The van der Waals surface area contributed by atoms with E-state index in [1.54, 1.807) is 0 Å². The molecule has 4 aromatic carbocycles. The standard InChI is InChI=1S/C30H21NO/c1-3-10-20(11-4-1)22-15-9-16-23-24-18-19-27-28(30(24)32-29(22)23)25-14-7-8-17-26(25)31(27)21-12-5-2-6-13-21/h1-19,27-28H. The Labute approximate surface area is 187 Å². The summed E-state index contributed by atoms with van der Waals surface area (Å²) in [5.41, 5.74) is 8.31. The Morgan fingerprint density at radius 3 is 2.28 bits per heavy atom. The van der Waals surface area contributed by atoms with Gasteiger partial charge in [0.25, 0.3) is 0 Å². The van der Waals surface area contributed by atoms with Gasteiger partial charge in [-0.15, -0.1) is 0 Å². The molecule has 1 aliphatic heterocycles. The average Bonchev–Trinajstić information content (AvgIpc) is 3.41. The molecule has 0 fully saturated rings. The minimum atomic E-state index is 0.169. The van der Waals surface area contributed by atoms with E-state index in [0.29, 0.717) is 0 Å². The lowest BCUT2D eigenvalue weighted by molar-refractivity contribution is 0.506. The summed E-state index contributed by atoms with van der Waals surface area (Å²) in [6, 6.07) is 36.6. The summed E-state index contributed by atoms with van der Waals surface area (Å²) in [6.45, 7) is 0. The van der Waals surface area contributed by atoms with Crippen LogP contribution in [-0.2, 0) is 0 Å². The van der Waals surface area contributed by atoms with Crippen LogP contribution in [0.2, 0.25) is 0 Å². The van der Waals surface area contributed by atoms with Gasteiger partial charge in [-0.3, -0.25) is 0 Å². The zero-order chi connectivity index (χ0) is 21.1. The summed E-state index contributed by atoms with van der Waals surface area (Å²) < 4.78 is 6.75. The lowest BCUT2D eigenvalue weighted by atomic mass is 9.85. The number of nitrogens with zero attached hydrogens (tertiary/aromatic N) is 1. The van der Waals surface area contributed by atoms with E-state index in [-0.39, 0.29) is 12.0 Å². The Morgan fingerprint density at radius 2 is 1.44 bits per heavy atom. The molecule has 2 nitrogen and oxygen atoms in total. The monoisotopic (exact) mass is 411 g/mol. The summed E-state index contributed by atoms with van der Waals surface area (Å²) in [5, 5.41) is 1.19. The van der Waals surface area contributed by atoms with Gasteiger partial charge in [-0.2, -0.15) is 0 Å². The third kappa shape index (κ3) is 2.41. The largest absolute Gasteiger partial charge is 0.459 e. The second kappa shape index (κ2) is 6.73. The van der Waals surface area contributed by atoms with Gasteiger partial charge in [0.1, 0.15) is 11.3 Å². The molecular formula is C30H21NO. The van der Waals surface area contributed by atoms with E-state index in [1.807, 2.05) is 0 Å². The predicted octanol–water partition coefficient (Wildman–Crippen LogP) is 7.78. The summed E-state index contributed by atoms with van der Waals surface area (Å²) in [5.74, 6) is 1.24. The molecule has 2 heterocycles. The minimum absolute atomic E-state index is 0.169. The highest BCUT2D eigenvalue weighted by atomic mass is 16.3. The highest BCUT2D eigenvalue weighted by Crippen LogP contribution is 2.53. The maximum absolute atomic E-state index is 6.75. The number of hydrogen-bond donors (Lipinski definition) is 0. The lowest BCUT2D eigenvalue weighted by Gasteiger charge is -2.29. The van der Waals surface area contributed by atoms with Crippen LogP contribution in [0.1, 0.15) is 22.8 Å². The van der Waals surface area contributed by atoms with E-state index in [9.17, 15) is 0 Å². The van der Waals surface area contributed by atoms with Crippen molar-refractivity contribution in [3.05, 3.63) is 126 Å². The quantitative estimate of drug-likeness (QED) is 0.295. The molecule has 0 amide bonds. The van der Waals surface area contributed by atoms with E-state index in [2.05, 4.69) is 120 Å². The van der Waals surface area contributed by atoms with E-state index in [1.165, 1.54) is 33.5 Å². The Bertz CT molecular complexity index is 1480. The second-order valence-corrected chi connectivity index (χ2v) is 8.52. The number of rotatable bonds is 2. The van der Waals surface area contributed by atoms with Crippen LogP contribution in [0.15, 0.2) is 114 Å². The fraction of sp³-hybridized carbons (Fsp3) is 0.0667. The average molecular weight is 412 g/mol. The van der Waals surface area contributed by atoms with Gasteiger partial charge in [-0.25, -0.2) is 0 Å². The van der Waals surface area contributed by atoms with Crippen LogP contribution < -0.4 is 4.90 Å². The number of furan rings is 1. The molecule has 5 aromatic rings. The molecular weight excluding hydrogens is 390 g/mol. The molecule has 0 saturated carbocycles. The predicted molar refractivity (Wildman–Crippen MR) is 131 cm³/mol. The van der Waals surface area contributed by atoms with Crippen LogP contribution >= 0.6 is 0 Å². The molecule has 152 valence electrons. The van der Waals surface area contributed by atoms with Crippen LogP contribution in [0.5, 0.6) is 0 Å². The van der Waals surface area contributed by atoms with Crippen molar-refractivity contribution in [3.63, 3.8) is 0 Å². The number of fused-ring (bicyclic) bond motifs is 7. The molecule has 1 aliphatic carbocycles. The highest BCUT2D eigenvalue weighted by molar-refractivity contribution is 5.99. The summed E-state index contributed by atoms with van der Waals surface area (Å²) in [4.78, 5) is 2.45. The lowest BCUT2D eigenvalue weighted by Crippen LogP contribution is -2.30. The van der Waals surface area contributed by atoms with Gasteiger partial charge in [0.05, 0.1) is 12.0 Å². The topological polar surface area (TPSA) is 16.4 Å². The van der Waals surface area contributed by atoms with Crippen molar-refractivity contribution >= 4 is 28.4 Å². The van der Waals surface area contributed by atoms with Gasteiger partial charge in [-0.1, -0.05) is 97.1 Å². The Hall–Kier alpha value is -4.04. The van der Waals surface area contributed by atoms with Crippen LogP contribution in [0.3, 0.4) is 0 Å². The molecule has 0 bridgehead atoms. The smallest absolute Gasteiger partial charge is 0.142 e. The fourth-order valence-corrected chi connectivity index (χ4v) is 5.46. The van der Waals surface area contributed by atoms with E-state index in [0.717, 1.165) is 16.9 Å². The molecule has 0 saturated heterocycles. The van der Waals surface area contributed by atoms with Gasteiger partial charge < -0.3 is 9.32 Å². The van der Waals surface area contributed by atoms with Gasteiger partial charge in [0, 0.05) is 27.9 Å². The molecule has 7 rings (SSSR count). The van der Waals surface area contributed by atoms with Crippen molar-refractivity contribution in [2.24, 2.45) is 0 Å². The molecule has 0 radical (unpaired) electrons. The van der Waals surface area contributed by atoms with Crippen molar-refractivity contribution in [1.82, 2.24) is 0 Å². The first-order valence-electron chi connectivity index (χ1n) is 11.1. The molecule has 32 heavy (non-hydrogen) atoms. The van der Waals surface area contributed by atoms with Crippen LogP contribution in [0.25, 0.3) is 28.2 Å². The molecule has 0 N–H and O–H groups in total. The van der Waals surface area contributed by atoms with Gasteiger partial charge in [-0.05, 0) is 29.3 Å². The number of hydrogen-bond acceptors (Lipinski definition) is 2. The molecule has 0 spiro atoms. The molecule has 2 heteroatoms. The summed E-state index contributed by atoms with van der Waals surface area (Å²) in [6.07, 6.45) is 4.61. The molecule has 2 unspecified atom stereocenters. The maximum atomic E-state index is 6.75. The van der Waals surface area contributed by atoms with Crippen molar-refractivity contribution in [1.29, 1.82) is 0 Å². The fourth-order valence-electron chi connectivity index (χ4n) is 5.46. The van der Waals surface area contributed by atoms with E-state index < -0.39 is 0 Å². The Balaban J connectivity index is 1.46. The number of para-hydroxylation sites is 3. The number of benzene rings is 4. The first-order chi connectivity index (χ1) is 15.9. The van der Waals surface area contributed by atoms with Crippen molar-refractivity contribution < 1.29 is 4.42 Å². The van der Waals surface area contributed by atoms with E-state index >= 15 is 0 Å². The van der Waals surface area contributed by atoms with Crippen LogP contribution in [-0.4, -0.2) is 6.04 Å². The molecule has 2 aliphatic rings. The third-order valence-electron chi connectivity index (χ3n) is 6.82. The summed E-state index contributed by atoms with van der Waals surface area (Å²) >= 11 is 0. The Morgan fingerprint density at radius 1 is 0.688 bits per heavy atom. The zero-order valence-electron chi connectivity index (χ0n) is 17.5. The second-order valence-electron chi connectivity index (χ2n) is 8.52. The number of anilines is 2. The molecule has 2 atom stereocenters. The van der Waals surface area contributed by atoms with Crippen molar-refractivity contribution in [2.75, 3.05) is 4.90 Å².